The number of H-pyrrole nitrogens is 1. The first kappa shape index (κ1) is 6.42. The summed E-state index contributed by atoms with van der Waals surface area (Å²) in [5, 5.41) is 0. The van der Waals surface area contributed by atoms with E-state index in [1.165, 1.54) is 11.3 Å². The fourth-order valence-corrected chi connectivity index (χ4v) is 1.85. The van der Waals surface area contributed by atoms with Crippen molar-refractivity contribution in [2.75, 3.05) is 0 Å². The summed E-state index contributed by atoms with van der Waals surface area (Å²) in [6.45, 7) is 0. The second-order valence-corrected chi connectivity index (χ2v) is 3.31. The number of aromatic amines is 1. The SMILES string of the molecule is NC(=O)c1cc2[nH]ccc2s1. The van der Waals surface area contributed by atoms with Gasteiger partial charge in [-0.15, -0.1) is 11.3 Å². The van der Waals surface area contributed by atoms with Gasteiger partial charge in [-0.3, -0.25) is 4.79 Å². The van der Waals surface area contributed by atoms with Gasteiger partial charge in [-0.25, -0.2) is 0 Å². The Morgan fingerprint density at radius 3 is 3.09 bits per heavy atom. The zero-order chi connectivity index (χ0) is 7.84. The van der Waals surface area contributed by atoms with Gasteiger partial charge in [-0.05, 0) is 12.1 Å². The van der Waals surface area contributed by atoms with Gasteiger partial charge in [0.2, 0.25) is 0 Å². The van der Waals surface area contributed by atoms with Crippen LogP contribution in [0.3, 0.4) is 0 Å². The molecule has 0 saturated carbocycles. The fraction of sp³-hybridized carbons (Fsp3) is 0. The number of fused-ring (bicyclic) bond motifs is 1. The Labute approximate surface area is 66.8 Å². The summed E-state index contributed by atoms with van der Waals surface area (Å²) in [5.41, 5.74) is 6.07. The highest BCUT2D eigenvalue weighted by Crippen LogP contribution is 2.23. The predicted octanol–water partition coefficient (Wildman–Crippen LogP) is 1.33. The molecule has 4 heteroatoms. The topological polar surface area (TPSA) is 58.9 Å². The number of carbonyl (C=O) groups excluding carboxylic acids is 1. The van der Waals surface area contributed by atoms with Gasteiger partial charge in [0.05, 0.1) is 15.1 Å². The summed E-state index contributed by atoms with van der Waals surface area (Å²) < 4.78 is 1.07. The lowest BCUT2D eigenvalue weighted by Gasteiger charge is -1.81. The van der Waals surface area contributed by atoms with Crippen molar-refractivity contribution in [3.05, 3.63) is 23.2 Å². The maximum Gasteiger partial charge on any atom is 0.258 e. The van der Waals surface area contributed by atoms with Crippen molar-refractivity contribution in [2.24, 2.45) is 5.73 Å². The van der Waals surface area contributed by atoms with Crippen LogP contribution in [0.4, 0.5) is 0 Å². The Balaban J connectivity index is 2.67. The van der Waals surface area contributed by atoms with E-state index in [0.717, 1.165) is 10.2 Å². The number of primary amides is 1. The van der Waals surface area contributed by atoms with Crippen LogP contribution in [0.1, 0.15) is 9.67 Å². The van der Waals surface area contributed by atoms with E-state index in [1.54, 1.807) is 6.07 Å². The molecule has 0 spiro atoms. The summed E-state index contributed by atoms with van der Waals surface area (Å²) in [7, 11) is 0. The van der Waals surface area contributed by atoms with Crippen LogP contribution in [-0.4, -0.2) is 10.9 Å². The van der Waals surface area contributed by atoms with Crippen LogP contribution in [0.15, 0.2) is 18.3 Å². The number of amides is 1. The smallest absolute Gasteiger partial charge is 0.258 e. The lowest BCUT2D eigenvalue weighted by Crippen LogP contribution is -2.08. The second kappa shape index (κ2) is 2.10. The van der Waals surface area contributed by atoms with Gasteiger partial charge < -0.3 is 10.7 Å². The molecule has 0 aliphatic heterocycles. The number of aromatic nitrogens is 1. The lowest BCUT2D eigenvalue weighted by atomic mass is 10.4. The largest absolute Gasteiger partial charge is 0.365 e. The van der Waals surface area contributed by atoms with Crippen molar-refractivity contribution >= 4 is 27.5 Å². The van der Waals surface area contributed by atoms with E-state index in [2.05, 4.69) is 4.98 Å². The third kappa shape index (κ3) is 0.914. The number of nitrogens with one attached hydrogen (secondary N) is 1. The molecule has 0 aromatic carbocycles. The van der Waals surface area contributed by atoms with E-state index >= 15 is 0 Å². The minimum atomic E-state index is -0.361. The van der Waals surface area contributed by atoms with Gasteiger partial charge in [-0.1, -0.05) is 0 Å². The fourth-order valence-electron chi connectivity index (χ4n) is 0.970. The van der Waals surface area contributed by atoms with Crippen LogP contribution in [-0.2, 0) is 0 Å². The van der Waals surface area contributed by atoms with Crippen LogP contribution < -0.4 is 5.73 Å². The summed E-state index contributed by atoms with van der Waals surface area (Å²) in [5.74, 6) is -0.361. The molecule has 2 aromatic heterocycles. The van der Waals surface area contributed by atoms with Crippen molar-refractivity contribution in [3.8, 4) is 0 Å². The first-order valence-corrected chi connectivity index (χ1v) is 3.96. The molecule has 56 valence electrons. The van der Waals surface area contributed by atoms with Gasteiger partial charge in [0.25, 0.3) is 5.91 Å². The molecule has 2 rings (SSSR count). The van der Waals surface area contributed by atoms with Gasteiger partial charge in [0.15, 0.2) is 0 Å². The van der Waals surface area contributed by atoms with Crippen LogP contribution in [0.5, 0.6) is 0 Å². The summed E-state index contributed by atoms with van der Waals surface area (Å²) >= 11 is 1.41. The second-order valence-electron chi connectivity index (χ2n) is 2.23. The van der Waals surface area contributed by atoms with Crippen molar-refractivity contribution < 1.29 is 4.79 Å². The van der Waals surface area contributed by atoms with E-state index < -0.39 is 0 Å². The summed E-state index contributed by atoms with van der Waals surface area (Å²) in [4.78, 5) is 14.3. The number of carbonyl (C=O) groups is 1. The summed E-state index contributed by atoms with van der Waals surface area (Å²) in [6, 6.07) is 3.69. The molecule has 0 fully saturated rings. The predicted molar refractivity (Wildman–Crippen MR) is 44.7 cm³/mol. The normalized spacial score (nSPS) is 10.5. The molecule has 0 aliphatic rings. The minimum absolute atomic E-state index is 0.361. The molecule has 0 aliphatic carbocycles. The molecular formula is C7H6N2OS. The third-order valence-electron chi connectivity index (χ3n) is 1.48. The van der Waals surface area contributed by atoms with Gasteiger partial charge in [0.1, 0.15) is 0 Å². The molecule has 11 heavy (non-hydrogen) atoms. The van der Waals surface area contributed by atoms with E-state index in [-0.39, 0.29) is 5.91 Å². The average molecular weight is 166 g/mol. The van der Waals surface area contributed by atoms with Gasteiger partial charge >= 0.3 is 0 Å². The standard InChI is InChI=1S/C7H6N2OS/c8-7(10)6-3-4-5(11-6)1-2-9-4/h1-3,9H,(H2,8,10). The highest BCUT2D eigenvalue weighted by atomic mass is 32.1. The van der Waals surface area contributed by atoms with E-state index in [4.69, 9.17) is 5.73 Å². The Morgan fingerprint density at radius 2 is 2.45 bits per heavy atom. The number of hydrogen-bond acceptors (Lipinski definition) is 2. The van der Waals surface area contributed by atoms with Crippen LogP contribution in [0.2, 0.25) is 0 Å². The third-order valence-corrected chi connectivity index (χ3v) is 2.59. The van der Waals surface area contributed by atoms with E-state index in [1.807, 2.05) is 12.3 Å². The zero-order valence-electron chi connectivity index (χ0n) is 5.63. The van der Waals surface area contributed by atoms with Crippen molar-refractivity contribution in [1.82, 2.24) is 4.98 Å². The Kier molecular flexibility index (Phi) is 1.22. The molecule has 0 radical (unpaired) electrons. The number of rotatable bonds is 1. The zero-order valence-corrected chi connectivity index (χ0v) is 6.44. The van der Waals surface area contributed by atoms with Gasteiger partial charge in [0, 0.05) is 6.20 Å². The molecule has 0 atom stereocenters. The number of nitrogens with two attached hydrogens (primary N) is 1. The molecule has 2 aromatic rings. The quantitative estimate of drug-likeness (QED) is 0.659. The van der Waals surface area contributed by atoms with Crippen LogP contribution in [0, 0.1) is 0 Å². The molecule has 0 saturated heterocycles. The first-order chi connectivity index (χ1) is 5.27. The monoisotopic (exact) mass is 166 g/mol. The van der Waals surface area contributed by atoms with E-state index in [0.29, 0.717) is 4.88 Å². The number of thiophene rings is 1. The van der Waals surface area contributed by atoms with Crippen LogP contribution >= 0.6 is 11.3 Å². The highest BCUT2D eigenvalue weighted by Gasteiger charge is 2.05. The summed E-state index contributed by atoms with van der Waals surface area (Å²) in [6.07, 6.45) is 1.84. The van der Waals surface area contributed by atoms with Crippen molar-refractivity contribution in [3.63, 3.8) is 0 Å². The molecule has 3 nitrogen and oxygen atoms in total. The molecule has 3 N–H and O–H groups in total. The maximum atomic E-state index is 10.7. The average Bonchev–Trinajstić information content (AvgIpc) is 2.40. The molecule has 1 amide bonds. The minimum Gasteiger partial charge on any atom is -0.365 e. The highest BCUT2D eigenvalue weighted by molar-refractivity contribution is 7.20. The Hall–Kier alpha value is -1.29. The lowest BCUT2D eigenvalue weighted by molar-refractivity contribution is 0.100. The van der Waals surface area contributed by atoms with E-state index in [9.17, 15) is 4.79 Å². The molecule has 0 bridgehead atoms. The molecular weight excluding hydrogens is 160 g/mol. The first-order valence-electron chi connectivity index (χ1n) is 3.14. The van der Waals surface area contributed by atoms with Crippen molar-refractivity contribution in [1.29, 1.82) is 0 Å². The number of hydrogen-bond donors (Lipinski definition) is 2. The van der Waals surface area contributed by atoms with Gasteiger partial charge in [-0.2, -0.15) is 0 Å². The van der Waals surface area contributed by atoms with Crippen LogP contribution in [0.25, 0.3) is 10.2 Å². The van der Waals surface area contributed by atoms with Crippen molar-refractivity contribution in [2.45, 2.75) is 0 Å². The Bertz CT molecular complexity index is 373. The maximum absolute atomic E-state index is 10.7. The molecule has 0 unspecified atom stereocenters. The Morgan fingerprint density at radius 1 is 1.64 bits per heavy atom. The molecule has 2 heterocycles.